The number of nitrogens with two attached hydrogens (primary N) is 1. The maximum atomic E-state index is 13.8. The first-order valence-corrected chi connectivity index (χ1v) is 5.99. The summed E-state index contributed by atoms with van der Waals surface area (Å²) in [5, 5.41) is 0. The number of rotatable bonds is 2. The van der Waals surface area contributed by atoms with Gasteiger partial charge in [-0.3, -0.25) is 4.79 Å². The smallest absolute Gasteiger partial charge is 0.261 e. The van der Waals surface area contributed by atoms with Crippen LogP contribution in [0.3, 0.4) is 0 Å². The Morgan fingerprint density at radius 3 is 2.35 bits per heavy atom. The van der Waals surface area contributed by atoms with Gasteiger partial charge < -0.3 is 10.6 Å². The number of nitrogens with zero attached hydrogens (tertiary/aromatic N) is 1. The molecule has 0 aliphatic rings. The Morgan fingerprint density at radius 1 is 1.15 bits per heavy atom. The number of amides is 1. The minimum Gasteiger partial charge on any atom is -0.396 e. The normalized spacial score (nSPS) is 10.4. The van der Waals surface area contributed by atoms with Crippen molar-refractivity contribution >= 4 is 17.3 Å². The van der Waals surface area contributed by atoms with Crippen molar-refractivity contribution in [3.63, 3.8) is 0 Å². The third-order valence-corrected chi connectivity index (χ3v) is 3.02. The van der Waals surface area contributed by atoms with E-state index in [0.717, 1.165) is 17.7 Å². The maximum absolute atomic E-state index is 13.8. The van der Waals surface area contributed by atoms with Gasteiger partial charge in [-0.05, 0) is 31.2 Å². The van der Waals surface area contributed by atoms with Crippen molar-refractivity contribution in [2.45, 2.75) is 6.92 Å². The molecule has 104 valence electrons. The lowest BCUT2D eigenvalue weighted by Crippen LogP contribution is -2.27. The number of anilines is 2. The standard InChI is InChI=1S/C15H14F2N2O/c1-9-3-5-11(6-4-9)19(2)15(20)12-7-10(16)8-13(18)14(12)17/h3-8H,18H2,1-2H3. The zero-order chi connectivity index (χ0) is 14.9. The van der Waals surface area contributed by atoms with Crippen LogP contribution in [0.2, 0.25) is 0 Å². The monoisotopic (exact) mass is 276 g/mol. The molecule has 2 rings (SSSR count). The molecule has 1 amide bonds. The number of aryl methyl sites for hydroxylation is 1. The first-order valence-electron chi connectivity index (χ1n) is 5.99. The first-order chi connectivity index (χ1) is 9.40. The van der Waals surface area contributed by atoms with Crippen LogP contribution < -0.4 is 10.6 Å². The van der Waals surface area contributed by atoms with Gasteiger partial charge >= 0.3 is 0 Å². The van der Waals surface area contributed by atoms with Gasteiger partial charge in [0.15, 0.2) is 5.82 Å². The van der Waals surface area contributed by atoms with E-state index in [9.17, 15) is 13.6 Å². The number of hydrogen-bond acceptors (Lipinski definition) is 2. The number of carbonyl (C=O) groups is 1. The van der Waals surface area contributed by atoms with Crippen LogP contribution in [0.25, 0.3) is 0 Å². The van der Waals surface area contributed by atoms with E-state index in [1.807, 2.05) is 19.1 Å². The molecule has 20 heavy (non-hydrogen) atoms. The molecular formula is C15H14F2N2O. The van der Waals surface area contributed by atoms with Crippen LogP contribution >= 0.6 is 0 Å². The molecule has 0 aliphatic carbocycles. The van der Waals surface area contributed by atoms with Crippen LogP contribution in [0.1, 0.15) is 15.9 Å². The number of nitrogen functional groups attached to an aromatic ring is 1. The van der Waals surface area contributed by atoms with E-state index in [0.29, 0.717) is 5.69 Å². The van der Waals surface area contributed by atoms with Crippen LogP contribution in [0.15, 0.2) is 36.4 Å². The van der Waals surface area contributed by atoms with Gasteiger partial charge in [0.25, 0.3) is 5.91 Å². The van der Waals surface area contributed by atoms with Crippen molar-refractivity contribution in [3.05, 3.63) is 59.2 Å². The first kappa shape index (κ1) is 14.0. The van der Waals surface area contributed by atoms with Gasteiger partial charge in [0.05, 0.1) is 11.3 Å². The molecule has 0 fully saturated rings. The summed E-state index contributed by atoms with van der Waals surface area (Å²) in [5.41, 5.74) is 6.19. The van der Waals surface area contributed by atoms with Crippen LogP contribution in [-0.4, -0.2) is 13.0 Å². The lowest BCUT2D eigenvalue weighted by Gasteiger charge is -2.18. The van der Waals surface area contributed by atoms with Gasteiger partial charge in [0.2, 0.25) is 0 Å². The van der Waals surface area contributed by atoms with E-state index in [-0.39, 0.29) is 11.3 Å². The fourth-order valence-corrected chi connectivity index (χ4v) is 1.83. The molecule has 0 saturated carbocycles. The Labute approximate surface area is 115 Å². The predicted octanol–water partition coefficient (Wildman–Crippen LogP) is 3.13. The zero-order valence-electron chi connectivity index (χ0n) is 11.2. The minimum atomic E-state index is -0.907. The molecular weight excluding hydrogens is 262 g/mol. The van der Waals surface area contributed by atoms with Crippen molar-refractivity contribution in [3.8, 4) is 0 Å². The molecule has 0 saturated heterocycles. The average molecular weight is 276 g/mol. The van der Waals surface area contributed by atoms with E-state index in [2.05, 4.69) is 0 Å². The molecule has 3 nitrogen and oxygen atoms in total. The van der Waals surface area contributed by atoms with Gasteiger partial charge in [-0.2, -0.15) is 0 Å². The summed E-state index contributed by atoms with van der Waals surface area (Å²) in [6.45, 7) is 1.92. The molecule has 0 aliphatic heterocycles. The van der Waals surface area contributed by atoms with Gasteiger partial charge in [-0.1, -0.05) is 17.7 Å². The molecule has 0 spiro atoms. The summed E-state index contributed by atoms with van der Waals surface area (Å²) in [7, 11) is 1.49. The number of hydrogen-bond donors (Lipinski definition) is 1. The molecule has 2 aromatic rings. The van der Waals surface area contributed by atoms with E-state index in [4.69, 9.17) is 5.73 Å². The van der Waals surface area contributed by atoms with Crippen molar-refractivity contribution in [2.24, 2.45) is 0 Å². The Hall–Kier alpha value is -2.43. The molecule has 0 unspecified atom stereocenters. The third kappa shape index (κ3) is 2.61. The Balaban J connectivity index is 2.38. The molecule has 0 heterocycles. The maximum Gasteiger partial charge on any atom is 0.261 e. The second-order valence-electron chi connectivity index (χ2n) is 4.56. The van der Waals surface area contributed by atoms with Crippen LogP contribution in [0.4, 0.5) is 20.2 Å². The summed E-state index contributed by atoms with van der Waals surface area (Å²) < 4.78 is 27.1. The third-order valence-electron chi connectivity index (χ3n) is 3.02. The highest BCUT2D eigenvalue weighted by atomic mass is 19.1. The summed E-state index contributed by atoms with van der Waals surface area (Å²) in [4.78, 5) is 13.5. The van der Waals surface area contributed by atoms with Crippen molar-refractivity contribution in [1.82, 2.24) is 0 Å². The van der Waals surface area contributed by atoms with Crippen molar-refractivity contribution in [2.75, 3.05) is 17.7 Å². The summed E-state index contributed by atoms with van der Waals surface area (Å²) in [6, 6.07) is 8.81. The van der Waals surface area contributed by atoms with Gasteiger partial charge in [-0.25, -0.2) is 8.78 Å². The quantitative estimate of drug-likeness (QED) is 0.856. The molecule has 0 radical (unpaired) electrons. The predicted molar refractivity (Wildman–Crippen MR) is 74.7 cm³/mol. The number of carbonyl (C=O) groups excluding carboxylic acids is 1. The van der Waals surface area contributed by atoms with Crippen LogP contribution in [0, 0.1) is 18.6 Å². The van der Waals surface area contributed by atoms with Crippen LogP contribution in [-0.2, 0) is 0 Å². The second kappa shape index (κ2) is 5.28. The van der Waals surface area contributed by atoms with E-state index in [1.165, 1.54) is 11.9 Å². The molecule has 0 atom stereocenters. The van der Waals surface area contributed by atoms with Crippen molar-refractivity contribution < 1.29 is 13.6 Å². The highest BCUT2D eigenvalue weighted by molar-refractivity contribution is 6.06. The fourth-order valence-electron chi connectivity index (χ4n) is 1.83. The Kier molecular flexibility index (Phi) is 3.70. The minimum absolute atomic E-state index is 0.384. The van der Waals surface area contributed by atoms with Gasteiger partial charge in [0, 0.05) is 12.7 Å². The molecule has 0 aromatic heterocycles. The zero-order valence-corrected chi connectivity index (χ0v) is 11.2. The molecule has 5 heteroatoms. The topological polar surface area (TPSA) is 46.3 Å². The molecule has 2 aromatic carbocycles. The van der Waals surface area contributed by atoms with E-state index < -0.39 is 17.5 Å². The van der Waals surface area contributed by atoms with Gasteiger partial charge in [-0.15, -0.1) is 0 Å². The summed E-state index contributed by atoms with van der Waals surface area (Å²) >= 11 is 0. The molecule has 2 N–H and O–H groups in total. The lowest BCUT2D eigenvalue weighted by molar-refractivity contribution is 0.0989. The van der Waals surface area contributed by atoms with E-state index >= 15 is 0 Å². The Bertz CT molecular complexity index is 654. The lowest BCUT2D eigenvalue weighted by atomic mass is 10.1. The molecule has 0 bridgehead atoms. The fraction of sp³-hybridized carbons (Fsp3) is 0.133. The van der Waals surface area contributed by atoms with E-state index in [1.54, 1.807) is 12.1 Å². The highest BCUT2D eigenvalue weighted by Crippen LogP contribution is 2.21. The largest absolute Gasteiger partial charge is 0.396 e. The van der Waals surface area contributed by atoms with Crippen LogP contribution in [0.5, 0.6) is 0 Å². The Morgan fingerprint density at radius 2 is 1.75 bits per heavy atom. The van der Waals surface area contributed by atoms with Crippen molar-refractivity contribution in [1.29, 1.82) is 0 Å². The summed E-state index contributed by atoms with van der Waals surface area (Å²) in [6.07, 6.45) is 0. The highest BCUT2D eigenvalue weighted by Gasteiger charge is 2.20. The summed E-state index contributed by atoms with van der Waals surface area (Å²) in [5.74, 6) is -2.31. The SMILES string of the molecule is Cc1ccc(N(C)C(=O)c2cc(F)cc(N)c2F)cc1. The number of benzene rings is 2. The van der Waals surface area contributed by atoms with Gasteiger partial charge in [0.1, 0.15) is 5.82 Å². The number of halogens is 2. The second-order valence-corrected chi connectivity index (χ2v) is 4.56. The average Bonchev–Trinajstić information content (AvgIpc) is 2.42.